The van der Waals surface area contributed by atoms with Crippen molar-refractivity contribution in [2.45, 2.75) is 18.6 Å². The fourth-order valence-electron chi connectivity index (χ4n) is 2.32. The van der Waals surface area contributed by atoms with Crippen LogP contribution < -0.4 is 4.74 Å². The Labute approximate surface area is 112 Å². The number of methoxy groups -OCH3 is 2. The van der Waals surface area contributed by atoms with Crippen molar-refractivity contribution < 1.29 is 18.7 Å². The smallest absolute Gasteiger partial charge is 0.345 e. The third-order valence-corrected chi connectivity index (χ3v) is 3.41. The molecule has 1 fully saturated rings. The van der Waals surface area contributed by atoms with Crippen LogP contribution in [0.25, 0.3) is 0 Å². The summed E-state index contributed by atoms with van der Waals surface area (Å²) in [5.41, 5.74) is -0.795. The van der Waals surface area contributed by atoms with Gasteiger partial charge in [0.2, 0.25) is 5.67 Å². The molecule has 0 bridgehead atoms. The van der Waals surface area contributed by atoms with Crippen LogP contribution in [0.5, 0.6) is 5.75 Å². The first-order chi connectivity index (χ1) is 9.07. The van der Waals surface area contributed by atoms with Gasteiger partial charge in [-0.2, -0.15) is 0 Å². The molecule has 0 unspecified atom stereocenters. The molecular formula is C14H18FNO3. The van der Waals surface area contributed by atoms with Crippen LogP contribution in [0.4, 0.5) is 4.39 Å². The lowest BCUT2D eigenvalue weighted by atomic mass is 10.1. The molecule has 0 N–H and O–H groups in total. The zero-order valence-corrected chi connectivity index (χ0v) is 11.2. The van der Waals surface area contributed by atoms with E-state index in [1.54, 1.807) is 7.11 Å². The number of hydrogen-bond donors (Lipinski definition) is 0. The highest BCUT2D eigenvalue weighted by Crippen LogP contribution is 2.28. The van der Waals surface area contributed by atoms with Gasteiger partial charge in [0.05, 0.1) is 14.2 Å². The van der Waals surface area contributed by atoms with E-state index in [4.69, 9.17) is 4.74 Å². The number of halogens is 1. The summed E-state index contributed by atoms with van der Waals surface area (Å²) < 4.78 is 23.8. The van der Waals surface area contributed by atoms with Gasteiger partial charge in [-0.25, -0.2) is 9.18 Å². The van der Waals surface area contributed by atoms with Crippen molar-refractivity contribution in [1.82, 2.24) is 4.90 Å². The predicted octanol–water partition coefficient (Wildman–Crippen LogP) is 1.78. The topological polar surface area (TPSA) is 38.8 Å². The minimum absolute atomic E-state index is 0.0890. The van der Waals surface area contributed by atoms with Crippen molar-refractivity contribution in [2.24, 2.45) is 0 Å². The molecule has 0 saturated carbocycles. The van der Waals surface area contributed by atoms with Crippen molar-refractivity contribution in [3.63, 3.8) is 0 Å². The standard InChI is InChI=1S/C14H18FNO3/c1-18-12-5-3-11(4-6-12)9-16-8-7-14(15,10-16)13(17)19-2/h3-6H,7-10H2,1-2H3/t14-/m1/s1. The molecule has 0 spiro atoms. The maximum Gasteiger partial charge on any atom is 0.345 e. The molecule has 0 aliphatic carbocycles. The third kappa shape index (κ3) is 3.04. The molecule has 1 atom stereocenters. The van der Waals surface area contributed by atoms with Crippen LogP contribution in [0.1, 0.15) is 12.0 Å². The van der Waals surface area contributed by atoms with Crippen molar-refractivity contribution >= 4 is 5.97 Å². The van der Waals surface area contributed by atoms with Crippen molar-refractivity contribution in [1.29, 1.82) is 0 Å². The van der Waals surface area contributed by atoms with Gasteiger partial charge in [0, 0.05) is 26.1 Å². The van der Waals surface area contributed by atoms with Gasteiger partial charge < -0.3 is 9.47 Å². The van der Waals surface area contributed by atoms with E-state index in [1.165, 1.54) is 7.11 Å². The van der Waals surface area contributed by atoms with Crippen LogP contribution in [0, 0.1) is 0 Å². The van der Waals surface area contributed by atoms with Gasteiger partial charge in [0.15, 0.2) is 0 Å². The van der Waals surface area contributed by atoms with E-state index >= 15 is 0 Å². The Morgan fingerprint density at radius 3 is 2.63 bits per heavy atom. The van der Waals surface area contributed by atoms with Crippen LogP contribution in [-0.2, 0) is 16.1 Å². The first-order valence-electron chi connectivity index (χ1n) is 6.20. The number of hydrogen-bond acceptors (Lipinski definition) is 4. The molecule has 1 heterocycles. The van der Waals surface area contributed by atoms with Gasteiger partial charge in [0.1, 0.15) is 5.75 Å². The lowest BCUT2D eigenvalue weighted by Gasteiger charge is -2.18. The summed E-state index contributed by atoms with van der Waals surface area (Å²) in [5.74, 6) is 0.0179. The summed E-state index contributed by atoms with van der Waals surface area (Å²) in [6.45, 7) is 1.26. The monoisotopic (exact) mass is 267 g/mol. The summed E-state index contributed by atoms with van der Waals surface area (Å²) in [4.78, 5) is 13.3. The first-order valence-corrected chi connectivity index (χ1v) is 6.20. The van der Waals surface area contributed by atoms with Crippen molar-refractivity contribution in [2.75, 3.05) is 27.3 Å². The van der Waals surface area contributed by atoms with E-state index in [1.807, 2.05) is 29.2 Å². The Morgan fingerprint density at radius 1 is 1.37 bits per heavy atom. The fourth-order valence-corrected chi connectivity index (χ4v) is 2.32. The largest absolute Gasteiger partial charge is 0.497 e. The molecule has 5 heteroatoms. The van der Waals surface area contributed by atoms with E-state index in [0.717, 1.165) is 11.3 Å². The number of ether oxygens (including phenoxy) is 2. The first kappa shape index (κ1) is 13.8. The van der Waals surface area contributed by atoms with Gasteiger partial charge in [0.25, 0.3) is 0 Å². The quantitative estimate of drug-likeness (QED) is 0.780. The lowest BCUT2D eigenvalue weighted by Crippen LogP contribution is -2.37. The Hall–Kier alpha value is -1.62. The van der Waals surface area contributed by atoms with Crippen LogP contribution in [0.2, 0.25) is 0 Å². The molecule has 1 saturated heterocycles. The minimum Gasteiger partial charge on any atom is -0.497 e. The fraction of sp³-hybridized carbons (Fsp3) is 0.500. The average molecular weight is 267 g/mol. The van der Waals surface area contributed by atoms with E-state index < -0.39 is 11.6 Å². The molecule has 1 aromatic carbocycles. The molecule has 0 radical (unpaired) electrons. The van der Waals surface area contributed by atoms with Crippen LogP contribution in [-0.4, -0.2) is 43.8 Å². The average Bonchev–Trinajstić information content (AvgIpc) is 2.81. The second kappa shape index (κ2) is 5.57. The van der Waals surface area contributed by atoms with E-state index in [-0.39, 0.29) is 13.0 Å². The van der Waals surface area contributed by atoms with Crippen LogP contribution in [0.15, 0.2) is 24.3 Å². The zero-order valence-electron chi connectivity index (χ0n) is 11.2. The normalized spacial score (nSPS) is 23.3. The molecule has 0 aromatic heterocycles. The Bertz CT molecular complexity index is 449. The van der Waals surface area contributed by atoms with Gasteiger partial charge in [-0.3, -0.25) is 4.90 Å². The molecule has 1 aromatic rings. The number of benzene rings is 1. The lowest BCUT2D eigenvalue weighted by molar-refractivity contribution is -0.153. The van der Waals surface area contributed by atoms with Crippen molar-refractivity contribution in [3.05, 3.63) is 29.8 Å². The molecule has 0 amide bonds. The van der Waals surface area contributed by atoms with Gasteiger partial charge >= 0.3 is 5.97 Å². The minimum atomic E-state index is -1.86. The molecular weight excluding hydrogens is 249 g/mol. The number of esters is 1. The summed E-state index contributed by atoms with van der Waals surface area (Å²) in [6.07, 6.45) is 0.190. The predicted molar refractivity (Wildman–Crippen MR) is 68.7 cm³/mol. The van der Waals surface area contributed by atoms with Crippen molar-refractivity contribution in [3.8, 4) is 5.75 Å². The Balaban J connectivity index is 1.96. The summed E-state index contributed by atoms with van der Waals surface area (Å²) in [5, 5.41) is 0. The van der Waals surface area contributed by atoms with E-state index in [0.29, 0.717) is 13.1 Å². The summed E-state index contributed by atoms with van der Waals surface area (Å²) >= 11 is 0. The SMILES string of the molecule is COC(=O)[C@@]1(F)CCN(Cc2ccc(OC)cc2)C1. The summed E-state index contributed by atoms with van der Waals surface area (Å²) in [7, 11) is 2.83. The molecule has 1 aliphatic rings. The number of alkyl halides is 1. The number of carbonyl (C=O) groups excluding carboxylic acids is 1. The molecule has 19 heavy (non-hydrogen) atoms. The van der Waals surface area contributed by atoms with Crippen LogP contribution in [0.3, 0.4) is 0 Å². The highest BCUT2D eigenvalue weighted by Gasteiger charge is 2.46. The third-order valence-electron chi connectivity index (χ3n) is 3.41. The maximum absolute atomic E-state index is 14.2. The zero-order chi connectivity index (χ0) is 13.9. The highest BCUT2D eigenvalue weighted by atomic mass is 19.1. The van der Waals surface area contributed by atoms with E-state index in [9.17, 15) is 9.18 Å². The number of nitrogens with zero attached hydrogens (tertiary/aromatic N) is 1. The second-order valence-electron chi connectivity index (χ2n) is 4.77. The molecule has 1 aliphatic heterocycles. The Kier molecular flexibility index (Phi) is 4.04. The molecule has 2 rings (SSSR count). The number of likely N-dealkylation sites (tertiary alicyclic amines) is 1. The van der Waals surface area contributed by atoms with E-state index in [2.05, 4.69) is 4.74 Å². The molecule has 4 nitrogen and oxygen atoms in total. The van der Waals surface area contributed by atoms with Crippen LogP contribution >= 0.6 is 0 Å². The van der Waals surface area contributed by atoms with Gasteiger partial charge in [-0.1, -0.05) is 12.1 Å². The number of carbonyl (C=O) groups is 1. The summed E-state index contributed by atoms with van der Waals surface area (Å²) in [6, 6.07) is 7.62. The maximum atomic E-state index is 14.2. The second-order valence-corrected chi connectivity index (χ2v) is 4.77. The Morgan fingerprint density at radius 2 is 2.05 bits per heavy atom. The van der Waals surface area contributed by atoms with Gasteiger partial charge in [-0.05, 0) is 17.7 Å². The molecule has 104 valence electrons. The van der Waals surface area contributed by atoms with Gasteiger partial charge in [-0.15, -0.1) is 0 Å². The number of rotatable bonds is 4. The highest BCUT2D eigenvalue weighted by molar-refractivity contribution is 5.80.